The van der Waals surface area contributed by atoms with Gasteiger partial charge in [0.25, 0.3) is 0 Å². The Morgan fingerprint density at radius 1 is 0.824 bits per heavy atom. The molecule has 0 saturated carbocycles. The molecule has 51 heavy (non-hydrogen) atoms. The van der Waals surface area contributed by atoms with Crippen molar-refractivity contribution in [3.63, 3.8) is 0 Å². The lowest BCUT2D eigenvalue weighted by Gasteiger charge is -2.51. The summed E-state index contributed by atoms with van der Waals surface area (Å²) in [6, 6.07) is 19.2. The third-order valence-corrected chi connectivity index (χ3v) is 8.78. The van der Waals surface area contributed by atoms with Gasteiger partial charge in [-0.1, -0.05) is 72.2 Å². The number of carbonyl (C=O) groups is 2. The van der Waals surface area contributed by atoms with E-state index in [1.54, 1.807) is 6.92 Å². The maximum Gasteiger partial charge on any atom is 0.303 e. The molecule has 3 heterocycles. The molecular formula is C36H47N3O12. The van der Waals surface area contributed by atoms with Crippen LogP contribution in [-0.2, 0) is 63.6 Å². The van der Waals surface area contributed by atoms with Gasteiger partial charge in [0.05, 0.1) is 19.3 Å². The van der Waals surface area contributed by atoms with E-state index in [2.05, 4.69) is 10.0 Å². The van der Waals surface area contributed by atoms with Crippen molar-refractivity contribution in [1.29, 1.82) is 0 Å². The number of rotatable bonds is 16. The molecule has 0 radical (unpaired) electrons. The molecule has 15 heteroatoms. The Bertz CT molecular complexity index is 1430. The van der Waals surface area contributed by atoms with E-state index in [1.807, 2.05) is 60.7 Å². The van der Waals surface area contributed by atoms with E-state index in [4.69, 9.17) is 52.9 Å². The van der Waals surface area contributed by atoms with E-state index in [-0.39, 0.29) is 13.2 Å². The Labute approximate surface area is 297 Å². The van der Waals surface area contributed by atoms with Crippen molar-refractivity contribution in [3.05, 3.63) is 82.2 Å². The highest BCUT2D eigenvalue weighted by Gasteiger charge is 2.56. The number of carbonyl (C=O) groups excluding carboxylic acids is 2. The van der Waals surface area contributed by atoms with Crippen molar-refractivity contribution in [2.45, 2.75) is 114 Å². The summed E-state index contributed by atoms with van der Waals surface area (Å²) < 4.78 is 62.4. The van der Waals surface area contributed by atoms with E-state index in [0.717, 1.165) is 24.0 Å². The number of fused-ring (bicyclic) bond motifs is 1. The van der Waals surface area contributed by atoms with Crippen LogP contribution in [0.15, 0.2) is 65.8 Å². The van der Waals surface area contributed by atoms with Crippen LogP contribution in [0, 0.1) is 0 Å². The van der Waals surface area contributed by atoms with Crippen molar-refractivity contribution in [2.24, 2.45) is 5.11 Å². The van der Waals surface area contributed by atoms with Gasteiger partial charge in [0.15, 0.2) is 31.1 Å². The first-order chi connectivity index (χ1) is 24.8. The first-order valence-corrected chi connectivity index (χ1v) is 17.2. The van der Waals surface area contributed by atoms with Crippen LogP contribution in [0.25, 0.3) is 10.4 Å². The van der Waals surface area contributed by atoms with Crippen LogP contribution in [0.1, 0.15) is 57.5 Å². The normalized spacial score (nSPS) is 31.9. The number of unbranched alkanes of at least 4 members (excludes halogenated alkanes) is 2. The van der Waals surface area contributed by atoms with Crippen LogP contribution in [0.2, 0.25) is 0 Å². The number of hydrogen-bond acceptors (Lipinski definition) is 13. The highest BCUT2D eigenvalue weighted by Crippen LogP contribution is 2.39. The number of hydrogen-bond donors (Lipinski definition) is 0. The lowest BCUT2D eigenvalue weighted by molar-refractivity contribution is -0.396. The van der Waals surface area contributed by atoms with Gasteiger partial charge in [-0.2, -0.15) is 0 Å². The summed E-state index contributed by atoms with van der Waals surface area (Å²) in [6.45, 7) is 5.36. The van der Waals surface area contributed by atoms with Gasteiger partial charge >= 0.3 is 11.9 Å². The van der Waals surface area contributed by atoms with E-state index < -0.39 is 79.6 Å². The quantitative estimate of drug-likeness (QED) is 0.0756. The molecule has 15 nitrogen and oxygen atoms in total. The van der Waals surface area contributed by atoms with Gasteiger partial charge in [0, 0.05) is 44.6 Å². The maximum absolute atomic E-state index is 12.4. The molecule has 0 aromatic heterocycles. The summed E-state index contributed by atoms with van der Waals surface area (Å²) in [5.74, 6) is -1.15. The SMILES string of the molecule is CO[C@H]1[C@@H](OC(C)=O)[C@H](O[C@@H]2[C@@H](OCc3ccccc3)[C@H](OCCCCCN=[N+]=[N-])O[C@@H]3CO[C@@H](c4ccccc4)O[C@@H]23)O[C@@H](C)[C@H]1OC(C)=O. The highest BCUT2D eigenvalue weighted by molar-refractivity contribution is 5.67. The first-order valence-electron chi connectivity index (χ1n) is 17.2. The zero-order valence-electron chi connectivity index (χ0n) is 29.3. The predicted molar refractivity (Wildman–Crippen MR) is 179 cm³/mol. The van der Waals surface area contributed by atoms with Gasteiger partial charge in [0.1, 0.15) is 30.5 Å². The standard InChI is InChI=1S/C36H47N3O12/c1-22-28(47-23(2)40)30(42-4)33(48-24(3)41)36(46-22)51-31-29-27(21-45-34(50-29)26-16-10-6-11-17-26)49-35(43-19-13-7-12-18-38-39-37)32(31)44-20-25-14-8-5-9-15-25/h5-6,8-11,14-17,22,27-36H,7,12-13,18-21H2,1-4H3/t22-,27+,28+,29+,30+,31-,32+,33+,34+,35+,36-/m0/s1. The fraction of sp³-hybridized carbons (Fsp3) is 0.611. The number of esters is 2. The molecule has 0 unspecified atom stereocenters. The van der Waals surface area contributed by atoms with Gasteiger partial charge in [0.2, 0.25) is 0 Å². The van der Waals surface area contributed by atoms with E-state index >= 15 is 0 Å². The van der Waals surface area contributed by atoms with Crippen LogP contribution in [0.3, 0.4) is 0 Å². The molecule has 3 aliphatic rings. The average Bonchev–Trinajstić information content (AvgIpc) is 3.13. The predicted octanol–water partition coefficient (Wildman–Crippen LogP) is 4.92. The minimum atomic E-state index is -1.20. The molecular weight excluding hydrogens is 666 g/mol. The largest absolute Gasteiger partial charge is 0.457 e. The molecule has 2 aromatic rings. The monoisotopic (exact) mass is 713 g/mol. The molecule has 3 fully saturated rings. The Hall–Kier alpha value is -3.63. The zero-order valence-corrected chi connectivity index (χ0v) is 29.3. The number of nitrogens with zero attached hydrogens (tertiary/aromatic N) is 3. The molecule has 3 aliphatic heterocycles. The lowest BCUT2D eigenvalue weighted by Crippen LogP contribution is -2.67. The molecule has 0 bridgehead atoms. The Kier molecular flexibility index (Phi) is 14.6. The maximum atomic E-state index is 12.4. The Balaban J connectivity index is 1.46. The van der Waals surface area contributed by atoms with Crippen LogP contribution >= 0.6 is 0 Å². The molecule has 0 spiro atoms. The molecule has 3 saturated heterocycles. The number of benzene rings is 2. The lowest BCUT2D eigenvalue weighted by atomic mass is 9.95. The van der Waals surface area contributed by atoms with Crippen molar-refractivity contribution in [2.75, 3.05) is 26.9 Å². The smallest absolute Gasteiger partial charge is 0.303 e. The third kappa shape index (κ3) is 10.5. The summed E-state index contributed by atoms with van der Waals surface area (Å²) in [4.78, 5) is 27.3. The Morgan fingerprint density at radius 2 is 1.53 bits per heavy atom. The molecule has 11 atom stereocenters. The van der Waals surface area contributed by atoms with Crippen molar-refractivity contribution < 1.29 is 57.0 Å². The van der Waals surface area contributed by atoms with Gasteiger partial charge in [-0.15, -0.1) is 0 Å². The van der Waals surface area contributed by atoms with Crippen LogP contribution in [0.5, 0.6) is 0 Å². The topological polar surface area (TPSA) is 175 Å². The molecule has 0 amide bonds. The number of ether oxygens (including phenoxy) is 10. The number of methoxy groups -OCH3 is 1. The molecule has 278 valence electrons. The summed E-state index contributed by atoms with van der Waals surface area (Å²) in [6.07, 6.45) is -7.49. The van der Waals surface area contributed by atoms with E-state index in [9.17, 15) is 9.59 Å². The molecule has 5 rings (SSSR count). The second-order valence-electron chi connectivity index (χ2n) is 12.5. The molecule has 0 N–H and O–H groups in total. The second kappa shape index (κ2) is 19.3. The summed E-state index contributed by atoms with van der Waals surface area (Å²) in [5, 5.41) is 3.60. The zero-order chi connectivity index (χ0) is 36.2. The van der Waals surface area contributed by atoms with Crippen molar-refractivity contribution in [1.82, 2.24) is 0 Å². The summed E-state index contributed by atoms with van der Waals surface area (Å²) in [5.41, 5.74) is 10.3. The van der Waals surface area contributed by atoms with Crippen molar-refractivity contribution >= 4 is 11.9 Å². The molecule has 0 aliphatic carbocycles. The Morgan fingerprint density at radius 3 is 2.22 bits per heavy atom. The van der Waals surface area contributed by atoms with Crippen LogP contribution in [0.4, 0.5) is 0 Å². The fourth-order valence-corrected chi connectivity index (χ4v) is 6.44. The van der Waals surface area contributed by atoms with E-state index in [1.165, 1.54) is 21.0 Å². The average molecular weight is 714 g/mol. The van der Waals surface area contributed by atoms with Gasteiger partial charge in [-0.3, -0.25) is 9.59 Å². The minimum Gasteiger partial charge on any atom is -0.457 e. The van der Waals surface area contributed by atoms with Crippen LogP contribution in [-0.4, -0.2) is 100 Å². The summed E-state index contributed by atoms with van der Waals surface area (Å²) in [7, 11) is 1.44. The van der Waals surface area contributed by atoms with Gasteiger partial charge in [-0.05, 0) is 30.9 Å². The minimum absolute atomic E-state index is 0.159. The fourth-order valence-electron chi connectivity index (χ4n) is 6.44. The third-order valence-electron chi connectivity index (χ3n) is 8.78. The highest BCUT2D eigenvalue weighted by atomic mass is 16.8. The van der Waals surface area contributed by atoms with Crippen molar-refractivity contribution in [3.8, 4) is 0 Å². The second-order valence-corrected chi connectivity index (χ2v) is 12.5. The van der Waals surface area contributed by atoms with Crippen LogP contribution < -0.4 is 0 Å². The van der Waals surface area contributed by atoms with Gasteiger partial charge < -0.3 is 47.4 Å². The first kappa shape index (κ1) is 38.6. The van der Waals surface area contributed by atoms with Gasteiger partial charge in [-0.25, -0.2) is 0 Å². The molecule has 2 aromatic carbocycles. The van der Waals surface area contributed by atoms with E-state index in [0.29, 0.717) is 19.6 Å². The number of azide groups is 1. The summed E-state index contributed by atoms with van der Waals surface area (Å²) >= 11 is 0.